The van der Waals surface area contributed by atoms with Gasteiger partial charge in [-0.05, 0) is 117 Å². The molecule has 0 saturated heterocycles. The first-order valence-corrected chi connectivity index (χ1v) is 18.9. The first-order valence-electron chi connectivity index (χ1n) is 18.9. The summed E-state index contributed by atoms with van der Waals surface area (Å²) in [5, 5.41) is 2.47. The summed E-state index contributed by atoms with van der Waals surface area (Å²) in [6, 6.07) is 83.9. The molecule has 10 rings (SSSR count). The number of hydrogen-bond donors (Lipinski definition) is 0. The van der Waals surface area contributed by atoms with Crippen molar-refractivity contribution in [3.8, 4) is 11.1 Å². The molecule has 0 spiro atoms. The average molecular weight is 703 g/mol. The molecule has 0 N–H and O–H groups in total. The van der Waals surface area contributed by atoms with Crippen molar-refractivity contribution in [2.75, 3.05) is 9.80 Å². The van der Waals surface area contributed by atoms with Crippen molar-refractivity contribution in [2.24, 2.45) is 0 Å². The van der Waals surface area contributed by atoms with Crippen molar-refractivity contribution in [1.82, 2.24) is 0 Å². The van der Waals surface area contributed by atoms with E-state index in [2.05, 4.69) is 240 Å². The van der Waals surface area contributed by atoms with Crippen LogP contribution in [0.2, 0.25) is 0 Å². The van der Waals surface area contributed by atoms with Gasteiger partial charge in [0.1, 0.15) is 0 Å². The Bertz CT molecular complexity index is 2670. The Hall–Kier alpha value is -7.16. The number of rotatable bonds is 8. The molecule has 1 atom stereocenters. The van der Waals surface area contributed by atoms with Gasteiger partial charge < -0.3 is 9.80 Å². The standard InChI is InChI=1S/C53H38N2/c1-6-22-41(23-7-1)53(49-33-19-18-32-47(49)48-36-39-20-16-17-21-40(39)37-51(48)53)50-35-34-46(54(42-24-8-2-9-25-42)43-26-10-3-11-27-43)38-52(50)55(44-28-12-4-13-29-44)45-30-14-5-15-31-45/h1-38H. The van der Waals surface area contributed by atoms with Crippen LogP contribution in [0.25, 0.3) is 21.9 Å². The van der Waals surface area contributed by atoms with Crippen LogP contribution in [0, 0.1) is 0 Å². The maximum absolute atomic E-state index is 2.45. The molecule has 0 saturated carbocycles. The molecule has 0 aromatic heterocycles. The number of hydrogen-bond acceptors (Lipinski definition) is 2. The molecule has 0 aliphatic heterocycles. The van der Waals surface area contributed by atoms with Gasteiger partial charge in [0.25, 0.3) is 0 Å². The quantitative estimate of drug-likeness (QED) is 0.156. The van der Waals surface area contributed by atoms with Crippen LogP contribution in [0.4, 0.5) is 34.1 Å². The minimum absolute atomic E-state index is 0.642. The molecular formula is C53H38N2. The van der Waals surface area contributed by atoms with Crippen molar-refractivity contribution in [3.63, 3.8) is 0 Å². The van der Waals surface area contributed by atoms with Gasteiger partial charge in [-0.15, -0.1) is 0 Å². The molecule has 0 radical (unpaired) electrons. The molecule has 2 nitrogen and oxygen atoms in total. The van der Waals surface area contributed by atoms with Crippen LogP contribution in [0.3, 0.4) is 0 Å². The summed E-state index contributed by atoms with van der Waals surface area (Å²) in [5.74, 6) is 0. The number of anilines is 6. The van der Waals surface area contributed by atoms with E-state index in [9.17, 15) is 0 Å². The van der Waals surface area contributed by atoms with Crippen molar-refractivity contribution in [2.45, 2.75) is 5.41 Å². The van der Waals surface area contributed by atoms with E-state index < -0.39 is 5.41 Å². The van der Waals surface area contributed by atoms with Gasteiger partial charge in [-0.1, -0.05) is 158 Å². The van der Waals surface area contributed by atoms with Gasteiger partial charge >= 0.3 is 0 Å². The highest BCUT2D eigenvalue weighted by molar-refractivity contribution is 5.98. The first-order chi connectivity index (χ1) is 27.3. The van der Waals surface area contributed by atoms with Crippen LogP contribution in [0.15, 0.2) is 231 Å². The number of fused-ring (bicyclic) bond motifs is 4. The molecular weight excluding hydrogens is 665 g/mol. The Morgan fingerprint density at radius 1 is 0.273 bits per heavy atom. The average Bonchev–Trinajstić information content (AvgIpc) is 3.55. The van der Waals surface area contributed by atoms with Gasteiger partial charge in [0.15, 0.2) is 0 Å². The van der Waals surface area contributed by atoms with E-state index in [1.807, 2.05) is 0 Å². The van der Waals surface area contributed by atoms with Gasteiger partial charge in [0.05, 0.1) is 11.1 Å². The summed E-state index contributed by atoms with van der Waals surface area (Å²) >= 11 is 0. The summed E-state index contributed by atoms with van der Waals surface area (Å²) in [7, 11) is 0. The van der Waals surface area contributed by atoms with Crippen molar-refractivity contribution in [1.29, 1.82) is 0 Å². The summed E-state index contributed by atoms with van der Waals surface area (Å²) in [5.41, 5.74) is 13.5. The van der Waals surface area contributed by atoms with E-state index in [0.717, 1.165) is 34.1 Å². The van der Waals surface area contributed by atoms with Crippen LogP contribution in [0.1, 0.15) is 22.3 Å². The van der Waals surface area contributed by atoms with E-state index in [0.29, 0.717) is 0 Å². The molecule has 1 aliphatic carbocycles. The monoisotopic (exact) mass is 702 g/mol. The molecule has 9 aromatic carbocycles. The Kier molecular flexibility index (Phi) is 8.08. The summed E-state index contributed by atoms with van der Waals surface area (Å²) < 4.78 is 0. The zero-order valence-corrected chi connectivity index (χ0v) is 30.3. The molecule has 55 heavy (non-hydrogen) atoms. The molecule has 1 unspecified atom stereocenters. The fraction of sp³-hybridized carbons (Fsp3) is 0.0189. The lowest BCUT2D eigenvalue weighted by Gasteiger charge is -2.39. The predicted molar refractivity (Wildman–Crippen MR) is 231 cm³/mol. The minimum Gasteiger partial charge on any atom is -0.310 e. The zero-order valence-electron chi connectivity index (χ0n) is 30.3. The lowest BCUT2D eigenvalue weighted by molar-refractivity contribution is 0.769. The minimum atomic E-state index is -0.642. The molecule has 0 amide bonds. The summed E-state index contributed by atoms with van der Waals surface area (Å²) in [6.45, 7) is 0. The predicted octanol–water partition coefficient (Wildman–Crippen LogP) is 14.1. The van der Waals surface area contributed by atoms with Crippen molar-refractivity contribution >= 4 is 44.9 Å². The highest BCUT2D eigenvalue weighted by Crippen LogP contribution is 2.60. The van der Waals surface area contributed by atoms with E-state index in [1.165, 1.54) is 44.2 Å². The Morgan fingerprint density at radius 3 is 1.29 bits per heavy atom. The lowest BCUT2D eigenvalue weighted by atomic mass is 9.66. The molecule has 260 valence electrons. The van der Waals surface area contributed by atoms with Gasteiger partial charge in [-0.25, -0.2) is 0 Å². The van der Waals surface area contributed by atoms with E-state index in [1.54, 1.807) is 0 Å². The summed E-state index contributed by atoms with van der Waals surface area (Å²) in [6.07, 6.45) is 0. The van der Waals surface area contributed by atoms with Gasteiger partial charge in [0.2, 0.25) is 0 Å². The van der Waals surface area contributed by atoms with Gasteiger partial charge in [-0.3, -0.25) is 0 Å². The second-order valence-corrected chi connectivity index (χ2v) is 14.1. The van der Waals surface area contributed by atoms with Crippen molar-refractivity contribution < 1.29 is 0 Å². The third-order valence-corrected chi connectivity index (χ3v) is 11.1. The fourth-order valence-corrected chi connectivity index (χ4v) is 8.75. The van der Waals surface area contributed by atoms with Crippen molar-refractivity contribution in [3.05, 3.63) is 253 Å². The van der Waals surface area contributed by atoms with E-state index in [4.69, 9.17) is 0 Å². The van der Waals surface area contributed by atoms with Crippen LogP contribution in [0.5, 0.6) is 0 Å². The van der Waals surface area contributed by atoms with E-state index >= 15 is 0 Å². The highest BCUT2D eigenvalue weighted by atomic mass is 15.2. The molecule has 2 heteroatoms. The highest BCUT2D eigenvalue weighted by Gasteiger charge is 2.48. The maximum atomic E-state index is 2.45. The van der Waals surface area contributed by atoms with Crippen LogP contribution in [-0.2, 0) is 5.41 Å². The largest absolute Gasteiger partial charge is 0.310 e. The fourth-order valence-electron chi connectivity index (χ4n) is 8.75. The molecule has 0 fully saturated rings. The van der Waals surface area contributed by atoms with Gasteiger partial charge in [0, 0.05) is 28.4 Å². The molecule has 0 heterocycles. The van der Waals surface area contributed by atoms with Gasteiger partial charge in [-0.2, -0.15) is 0 Å². The molecule has 9 aromatic rings. The maximum Gasteiger partial charge on any atom is 0.0734 e. The van der Waals surface area contributed by atoms with E-state index in [-0.39, 0.29) is 0 Å². The second-order valence-electron chi connectivity index (χ2n) is 14.1. The summed E-state index contributed by atoms with van der Waals surface area (Å²) in [4.78, 5) is 4.81. The van der Waals surface area contributed by atoms with Crippen LogP contribution < -0.4 is 9.80 Å². The Morgan fingerprint density at radius 2 is 0.727 bits per heavy atom. The third kappa shape index (κ3) is 5.42. The normalized spacial score (nSPS) is 14.3. The smallest absolute Gasteiger partial charge is 0.0734 e. The first kappa shape index (κ1) is 32.5. The van der Waals surface area contributed by atoms with Crippen LogP contribution >= 0.6 is 0 Å². The topological polar surface area (TPSA) is 6.48 Å². The molecule has 1 aliphatic rings. The zero-order chi connectivity index (χ0) is 36.6. The second kappa shape index (κ2) is 13.7. The Balaban J connectivity index is 1.36. The number of para-hydroxylation sites is 4. The number of benzene rings is 9. The molecule has 0 bridgehead atoms. The SMILES string of the molecule is c1ccc(N(c2ccccc2)c2ccc(C3(c4ccccc4)c4ccccc4-c4cc5ccccc5cc43)c(N(c3ccccc3)c3ccccc3)c2)cc1. The van der Waals surface area contributed by atoms with Crippen LogP contribution in [-0.4, -0.2) is 0 Å². The Labute approximate surface area is 322 Å². The number of nitrogens with zero attached hydrogens (tertiary/aromatic N) is 2. The lowest BCUT2D eigenvalue weighted by Crippen LogP contribution is -2.31. The third-order valence-electron chi connectivity index (χ3n) is 11.1.